The maximum atomic E-state index is 12.3. The maximum absolute atomic E-state index is 12.3. The molecular formula is C13H12F3N5O3. The molecule has 128 valence electrons. The van der Waals surface area contributed by atoms with E-state index in [2.05, 4.69) is 15.4 Å². The van der Waals surface area contributed by atoms with Crippen LogP contribution in [0.2, 0.25) is 0 Å². The van der Waals surface area contributed by atoms with Crippen molar-refractivity contribution in [3.05, 3.63) is 34.6 Å². The first-order valence-corrected chi connectivity index (χ1v) is 6.46. The molecule has 0 aliphatic carbocycles. The molecule has 0 aliphatic rings. The molecule has 0 saturated carbocycles. The molecule has 0 atom stereocenters. The van der Waals surface area contributed by atoms with Crippen molar-refractivity contribution in [2.45, 2.75) is 6.18 Å². The molecule has 1 aromatic carbocycles. The van der Waals surface area contributed by atoms with Gasteiger partial charge >= 0.3 is 17.6 Å². The molecule has 1 aromatic heterocycles. The number of aromatic nitrogens is 3. The zero-order valence-electron chi connectivity index (χ0n) is 12.5. The molecule has 1 heterocycles. The number of nitrogens with zero attached hydrogens (tertiary/aromatic N) is 3. The van der Waals surface area contributed by atoms with Crippen LogP contribution in [-0.2, 0) is 11.8 Å². The number of para-hydroxylation sites is 2. The predicted octanol–water partition coefficient (Wildman–Crippen LogP) is 1.43. The van der Waals surface area contributed by atoms with Crippen LogP contribution in [-0.4, -0.2) is 34.0 Å². The van der Waals surface area contributed by atoms with Gasteiger partial charge in [0, 0.05) is 7.05 Å². The number of rotatable bonds is 4. The third-order valence-corrected chi connectivity index (χ3v) is 2.80. The highest BCUT2D eigenvalue weighted by Gasteiger charge is 2.39. The summed E-state index contributed by atoms with van der Waals surface area (Å²) in [6.45, 7) is 0. The molecule has 2 N–H and O–H groups in total. The lowest BCUT2D eigenvalue weighted by atomic mass is 10.3. The molecule has 0 fully saturated rings. The topological polar surface area (TPSA) is 98.1 Å². The molecule has 0 spiro atoms. The Bertz CT molecular complexity index is 819. The summed E-state index contributed by atoms with van der Waals surface area (Å²) in [5.74, 6) is -2.87. The van der Waals surface area contributed by atoms with Crippen molar-refractivity contribution in [1.29, 1.82) is 0 Å². The van der Waals surface area contributed by atoms with E-state index in [9.17, 15) is 22.8 Å². The van der Waals surface area contributed by atoms with E-state index in [0.717, 1.165) is 4.68 Å². The molecule has 24 heavy (non-hydrogen) atoms. The lowest BCUT2D eigenvalue weighted by Crippen LogP contribution is -2.35. The molecule has 0 unspecified atom stereocenters. The van der Waals surface area contributed by atoms with Crippen molar-refractivity contribution in [1.82, 2.24) is 14.8 Å². The Kier molecular flexibility index (Phi) is 4.71. The Balaban J connectivity index is 2.36. The van der Waals surface area contributed by atoms with Gasteiger partial charge in [0.15, 0.2) is 0 Å². The average Bonchev–Trinajstić information content (AvgIpc) is 2.51. The van der Waals surface area contributed by atoms with Crippen LogP contribution in [0.25, 0.3) is 0 Å². The van der Waals surface area contributed by atoms with Crippen molar-refractivity contribution in [2.75, 3.05) is 17.7 Å². The van der Waals surface area contributed by atoms with Gasteiger partial charge in [0.2, 0.25) is 11.8 Å². The normalized spacial score (nSPS) is 11.0. The number of hydrogen-bond acceptors (Lipinski definition) is 6. The molecule has 0 radical (unpaired) electrons. The first kappa shape index (κ1) is 17.2. The van der Waals surface area contributed by atoms with E-state index < -0.39 is 23.5 Å². The van der Waals surface area contributed by atoms with Crippen LogP contribution in [0.1, 0.15) is 0 Å². The van der Waals surface area contributed by atoms with Crippen molar-refractivity contribution in [3.63, 3.8) is 0 Å². The van der Waals surface area contributed by atoms with E-state index in [1.165, 1.54) is 19.5 Å². The summed E-state index contributed by atoms with van der Waals surface area (Å²) in [7, 11) is 2.64. The fourth-order valence-corrected chi connectivity index (χ4v) is 1.70. The summed E-state index contributed by atoms with van der Waals surface area (Å²) in [6, 6.07) is 6.64. The molecule has 0 bridgehead atoms. The van der Waals surface area contributed by atoms with Crippen LogP contribution in [0.5, 0.6) is 5.75 Å². The zero-order chi connectivity index (χ0) is 17.9. The van der Waals surface area contributed by atoms with E-state index in [1.807, 2.05) is 0 Å². The van der Waals surface area contributed by atoms with Gasteiger partial charge in [0.1, 0.15) is 5.75 Å². The number of halogens is 3. The van der Waals surface area contributed by atoms with Crippen LogP contribution < -0.4 is 20.9 Å². The molecule has 11 heteroatoms. The Morgan fingerprint density at radius 2 is 1.96 bits per heavy atom. The van der Waals surface area contributed by atoms with Gasteiger partial charge in [-0.15, -0.1) is 5.10 Å². The number of amides is 1. The van der Waals surface area contributed by atoms with E-state index in [-0.39, 0.29) is 5.95 Å². The summed E-state index contributed by atoms with van der Waals surface area (Å²) in [6.07, 6.45) is -5.15. The van der Waals surface area contributed by atoms with Crippen molar-refractivity contribution in [3.8, 4) is 5.75 Å². The Morgan fingerprint density at radius 3 is 2.58 bits per heavy atom. The Labute approximate surface area is 133 Å². The van der Waals surface area contributed by atoms with E-state index >= 15 is 0 Å². The summed E-state index contributed by atoms with van der Waals surface area (Å²) < 4.78 is 42.8. The minimum absolute atomic E-state index is 0.195. The molecule has 2 aromatic rings. The largest absolute Gasteiger partial charge is 0.495 e. The number of anilines is 3. The number of ether oxygens (including phenoxy) is 1. The second kappa shape index (κ2) is 6.56. The number of aryl methyl sites for hydroxylation is 1. The Morgan fingerprint density at radius 1 is 1.29 bits per heavy atom. The number of alkyl halides is 3. The van der Waals surface area contributed by atoms with Gasteiger partial charge in [0.05, 0.1) is 12.8 Å². The summed E-state index contributed by atoms with van der Waals surface area (Å²) >= 11 is 0. The highest BCUT2D eigenvalue weighted by atomic mass is 19.4. The molecule has 2 rings (SSSR count). The SMILES string of the molecule is COc1ccccc1Nc1nc(NC(=O)C(F)(F)F)c(=O)n(C)n1. The molecular weight excluding hydrogens is 331 g/mol. The third kappa shape index (κ3) is 3.80. The highest BCUT2D eigenvalue weighted by Crippen LogP contribution is 2.25. The van der Waals surface area contributed by atoms with Gasteiger partial charge in [-0.1, -0.05) is 12.1 Å². The Hall–Kier alpha value is -3.11. The number of hydrogen-bond donors (Lipinski definition) is 2. The zero-order valence-corrected chi connectivity index (χ0v) is 12.5. The maximum Gasteiger partial charge on any atom is 0.471 e. The summed E-state index contributed by atoms with van der Waals surface area (Å²) in [5, 5.41) is 7.90. The van der Waals surface area contributed by atoms with Gasteiger partial charge in [0.25, 0.3) is 0 Å². The van der Waals surface area contributed by atoms with Gasteiger partial charge < -0.3 is 10.1 Å². The van der Waals surface area contributed by atoms with Crippen molar-refractivity contribution < 1.29 is 22.7 Å². The highest BCUT2D eigenvalue weighted by molar-refractivity contribution is 5.94. The quantitative estimate of drug-likeness (QED) is 0.871. The monoisotopic (exact) mass is 343 g/mol. The fraction of sp³-hybridized carbons (Fsp3) is 0.231. The van der Waals surface area contributed by atoms with Crippen LogP contribution in [0.15, 0.2) is 29.1 Å². The number of nitrogens with one attached hydrogen (secondary N) is 2. The lowest BCUT2D eigenvalue weighted by molar-refractivity contribution is -0.167. The lowest BCUT2D eigenvalue weighted by Gasteiger charge is -2.12. The minimum Gasteiger partial charge on any atom is -0.495 e. The van der Waals surface area contributed by atoms with E-state index in [0.29, 0.717) is 11.4 Å². The predicted molar refractivity (Wildman–Crippen MR) is 78.2 cm³/mol. The standard InChI is InChI=1S/C13H12F3N5O3/c1-21-10(22)9(18-11(23)13(14,15)16)19-12(20-21)17-7-5-3-4-6-8(7)24-2/h3-6H,1-2H3,(H2,17,18,19,20,23). The first-order chi connectivity index (χ1) is 11.2. The van der Waals surface area contributed by atoms with Crippen molar-refractivity contribution in [2.24, 2.45) is 7.05 Å². The third-order valence-electron chi connectivity index (χ3n) is 2.80. The van der Waals surface area contributed by atoms with Gasteiger partial charge in [-0.25, -0.2) is 4.68 Å². The van der Waals surface area contributed by atoms with Crippen LogP contribution in [0, 0.1) is 0 Å². The molecule has 0 saturated heterocycles. The summed E-state index contributed by atoms with van der Waals surface area (Å²) in [4.78, 5) is 26.4. The molecule has 8 nitrogen and oxygen atoms in total. The van der Waals surface area contributed by atoms with Crippen molar-refractivity contribution >= 4 is 23.4 Å². The molecule has 1 amide bonds. The summed E-state index contributed by atoms with van der Waals surface area (Å²) in [5.41, 5.74) is -0.565. The first-order valence-electron chi connectivity index (χ1n) is 6.46. The van der Waals surface area contributed by atoms with E-state index in [1.54, 1.807) is 24.3 Å². The average molecular weight is 343 g/mol. The van der Waals surface area contributed by atoms with Gasteiger partial charge in [-0.05, 0) is 12.1 Å². The van der Waals surface area contributed by atoms with Crippen LogP contribution in [0.4, 0.5) is 30.6 Å². The van der Waals surface area contributed by atoms with Crippen LogP contribution >= 0.6 is 0 Å². The number of carbonyl (C=O) groups is 1. The smallest absolute Gasteiger partial charge is 0.471 e. The van der Waals surface area contributed by atoms with Gasteiger partial charge in [-0.3, -0.25) is 14.9 Å². The second-order valence-corrected chi connectivity index (χ2v) is 4.49. The minimum atomic E-state index is -5.15. The molecule has 0 aliphatic heterocycles. The fourth-order valence-electron chi connectivity index (χ4n) is 1.70. The van der Waals surface area contributed by atoms with E-state index in [4.69, 9.17) is 4.74 Å². The van der Waals surface area contributed by atoms with Crippen LogP contribution in [0.3, 0.4) is 0 Å². The number of benzene rings is 1. The number of methoxy groups -OCH3 is 1. The number of carbonyl (C=O) groups excluding carboxylic acids is 1. The second-order valence-electron chi connectivity index (χ2n) is 4.49. The van der Waals surface area contributed by atoms with Gasteiger partial charge in [-0.2, -0.15) is 18.2 Å².